The van der Waals surface area contributed by atoms with Gasteiger partial charge < -0.3 is 4.74 Å². The summed E-state index contributed by atoms with van der Waals surface area (Å²) < 4.78 is 7.13. The second kappa shape index (κ2) is 9.71. The first-order valence-corrected chi connectivity index (χ1v) is 10.3. The zero-order chi connectivity index (χ0) is 19.9. The highest BCUT2D eigenvalue weighted by molar-refractivity contribution is 8.00. The van der Waals surface area contributed by atoms with E-state index in [0.29, 0.717) is 29.0 Å². The highest BCUT2D eigenvalue weighted by Crippen LogP contribution is 2.32. The number of carbonyl (C=O) groups excluding carboxylic acids is 1. The molecule has 0 saturated heterocycles. The Hall–Kier alpha value is -2.38. The molecule has 0 fully saturated rings. The SMILES string of the molecule is CCC[C@@H](Sc1nnc(-c2cccnc2)n1-c1cccc(Cl)c1)C(=O)OCC. The largest absolute Gasteiger partial charge is 0.465 e. The zero-order valence-corrected chi connectivity index (χ0v) is 17.3. The van der Waals surface area contributed by atoms with Gasteiger partial charge in [0.15, 0.2) is 11.0 Å². The molecule has 0 N–H and O–H groups in total. The number of pyridine rings is 1. The summed E-state index contributed by atoms with van der Waals surface area (Å²) in [6.45, 7) is 4.19. The van der Waals surface area contributed by atoms with Crippen molar-refractivity contribution in [3.8, 4) is 17.1 Å². The van der Waals surface area contributed by atoms with Gasteiger partial charge in [-0.15, -0.1) is 10.2 Å². The summed E-state index contributed by atoms with van der Waals surface area (Å²) in [6, 6.07) is 11.2. The third kappa shape index (κ3) is 4.72. The van der Waals surface area contributed by atoms with Gasteiger partial charge in [-0.25, -0.2) is 0 Å². The first kappa shape index (κ1) is 20.4. The van der Waals surface area contributed by atoms with Gasteiger partial charge in [0, 0.05) is 23.0 Å². The van der Waals surface area contributed by atoms with Gasteiger partial charge >= 0.3 is 5.97 Å². The predicted molar refractivity (Wildman–Crippen MR) is 111 cm³/mol. The van der Waals surface area contributed by atoms with Crippen molar-refractivity contribution in [2.75, 3.05) is 6.61 Å². The van der Waals surface area contributed by atoms with Gasteiger partial charge in [0.2, 0.25) is 0 Å². The minimum absolute atomic E-state index is 0.238. The molecule has 0 amide bonds. The summed E-state index contributed by atoms with van der Waals surface area (Å²) >= 11 is 7.57. The van der Waals surface area contributed by atoms with Crippen LogP contribution in [0.4, 0.5) is 0 Å². The second-order valence-electron chi connectivity index (χ2n) is 6.01. The molecule has 0 saturated carbocycles. The molecule has 8 heteroatoms. The quantitative estimate of drug-likeness (QED) is 0.387. The van der Waals surface area contributed by atoms with Crippen molar-refractivity contribution >= 4 is 29.3 Å². The number of halogens is 1. The highest BCUT2D eigenvalue weighted by atomic mass is 35.5. The van der Waals surface area contributed by atoms with E-state index in [1.165, 1.54) is 11.8 Å². The number of thioether (sulfide) groups is 1. The average molecular weight is 417 g/mol. The highest BCUT2D eigenvalue weighted by Gasteiger charge is 2.25. The molecule has 3 rings (SSSR count). The van der Waals surface area contributed by atoms with Crippen LogP contribution in [0, 0.1) is 0 Å². The van der Waals surface area contributed by atoms with E-state index in [2.05, 4.69) is 15.2 Å². The molecule has 0 aliphatic heterocycles. The summed E-state index contributed by atoms with van der Waals surface area (Å²) in [5.74, 6) is 0.398. The van der Waals surface area contributed by atoms with Gasteiger partial charge in [0.05, 0.1) is 12.3 Å². The number of nitrogens with zero attached hydrogens (tertiary/aromatic N) is 4. The Labute approximate surface area is 173 Å². The van der Waals surface area contributed by atoms with E-state index in [4.69, 9.17) is 16.3 Å². The van der Waals surface area contributed by atoms with Gasteiger partial charge in [-0.05, 0) is 43.7 Å². The van der Waals surface area contributed by atoms with Crippen LogP contribution in [0.5, 0.6) is 0 Å². The molecule has 0 spiro atoms. The number of hydrogen-bond donors (Lipinski definition) is 0. The van der Waals surface area contributed by atoms with Crippen LogP contribution in [0.3, 0.4) is 0 Å². The third-order valence-electron chi connectivity index (χ3n) is 3.97. The van der Waals surface area contributed by atoms with Crippen molar-refractivity contribution in [2.24, 2.45) is 0 Å². The van der Waals surface area contributed by atoms with Crippen molar-refractivity contribution in [2.45, 2.75) is 37.1 Å². The number of benzene rings is 1. The summed E-state index contributed by atoms with van der Waals surface area (Å²) in [5, 5.41) is 9.59. The maximum absolute atomic E-state index is 12.4. The van der Waals surface area contributed by atoms with Gasteiger partial charge in [-0.2, -0.15) is 0 Å². The van der Waals surface area contributed by atoms with E-state index >= 15 is 0 Å². The molecule has 0 aliphatic carbocycles. The van der Waals surface area contributed by atoms with E-state index in [1.807, 2.05) is 47.9 Å². The van der Waals surface area contributed by atoms with E-state index in [-0.39, 0.29) is 11.2 Å². The molecule has 0 aliphatic rings. The zero-order valence-electron chi connectivity index (χ0n) is 15.7. The van der Waals surface area contributed by atoms with E-state index in [0.717, 1.165) is 17.7 Å². The standard InChI is InChI=1S/C20H21ClN4O2S/c1-3-7-17(19(26)27-4-2)28-20-24-23-18(14-8-6-11-22-13-14)25(20)16-10-5-9-15(21)12-16/h5-6,8-13,17H,3-4,7H2,1-2H3/t17-/m1/s1. The van der Waals surface area contributed by atoms with Crippen molar-refractivity contribution < 1.29 is 9.53 Å². The van der Waals surface area contributed by atoms with Crippen LogP contribution < -0.4 is 0 Å². The number of esters is 1. The van der Waals surface area contributed by atoms with Gasteiger partial charge in [0.25, 0.3) is 0 Å². The summed E-state index contributed by atoms with van der Waals surface area (Å²) in [7, 11) is 0. The maximum atomic E-state index is 12.4. The number of ether oxygens (including phenoxy) is 1. The van der Waals surface area contributed by atoms with Crippen LogP contribution >= 0.6 is 23.4 Å². The summed E-state index contributed by atoms with van der Waals surface area (Å²) in [5.41, 5.74) is 1.64. The number of aromatic nitrogens is 4. The predicted octanol–water partition coefficient (Wildman–Crippen LogP) is 4.81. The second-order valence-corrected chi connectivity index (χ2v) is 7.62. The van der Waals surface area contributed by atoms with E-state index < -0.39 is 0 Å². The molecular weight excluding hydrogens is 396 g/mol. The lowest BCUT2D eigenvalue weighted by Crippen LogP contribution is -2.20. The first-order valence-electron chi connectivity index (χ1n) is 9.09. The first-order chi connectivity index (χ1) is 13.6. The fourth-order valence-corrected chi connectivity index (χ4v) is 4.07. The van der Waals surface area contributed by atoms with Crippen LogP contribution in [-0.2, 0) is 9.53 Å². The molecular formula is C20H21ClN4O2S. The lowest BCUT2D eigenvalue weighted by Gasteiger charge is -2.15. The molecule has 3 aromatic rings. The molecule has 1 aromatic carbocycles. The minimum Gasteiger partial charge on any atom is -0.465 e. The molecule has 28 heavy (non-hydrogen) atoms. The number of rotatable bonds is 8. The number of hydrogen-bond acceptors (Lipinski definition) is 6. The lowest BCUT2D eigenvalue weighted by atomic mass is 10.2. The van der Waals surface area contributed by atoms with Crippen LogP contribution in [0.1, 0.15) is 26.7 Å². The maximum Gasteiger partial charge on any atom is 0.319 e. The van der Waals surface area contributed by atoms with Crippen molar-refractivity contribution in [3.63, 3.8) is 0 Å². The molecule has 6 nitrogen and oxygen atoms in total. The molecule has 2 heterocycles. The van der Waals surface area contributed by atoms with Crippen molar-refractivity contribution in [1.29, 1.82) is 0 Å². The van der Waals surface area contributed by atoms with Crippen LogP contribution in [0.15, 0.2) is 53.9 Å². The van der Waals surface area contributed by atoms with Crippen LogP contribution in [0.2, 0.25) is 5.02 Å². The Morgan fingerprint density at radius 3 is 2.79 bits per heavy atom. The molecule has 1 atom stereocenters. The fourth-order valence-electron chi connectivity index (χ4n) is 2.73. The Morgan fingerprint density at radius 2 is 2.11 bits per heavy atom. The average Bonchev–Trinajstić information content (AvgIpc) is 3.12. The fraction of sp³-hybridized carbons (Fsp3) is 0.300. The van der Waals surface area contributed by atoms with Gasteiger partial charge in [-0.1, -0.05) is 42.8 Å². The Morgan fingerprint density at radius 1 is 1.25 bits per heavy atom. The molecule has 0 radical (unpaired) electrons. The lowest BCUT2D eigenvalue weighted by molar-refractivity contribution is -0.142. The summed E-state index contributed by atoms with van der Waals surface area (Å²) in [4.78, 5) is 16.6. The Balaban J connectivity index is 2.06. The third-order valence-corrected chi connectivity index (χ3v) is 5.39. The van der Waals surface area contributed by atoms with Crippen LogP contribution in [0.25, 0.3) is 17.1 Å². The van der Waals surface area contributed by atoms with Gasteiger partial charge in [-0.3, -0.25) is 14.3 Å². The normalized spacial score (nSPS) is 12.0. The summed E-state index contributed by atoms with van der Waals surface area (Å²) in [6.07, 6.45) is 4.98. The molecule has 0 unspecified atom stereocenters. The smallest absolute Gasteiger partial charge is 0.319 e. The van der Waals surface area contributed by atoms with E-state index in [9.17, 15) is 4.79 Å². The Kier molecular flexibility index (Phi) is 7.06. The van der Waals surface area contributed by atoms with Crippen LogP contribution in [-0.4, -0.2) is 37.6 Å². The van der Waals surface area contributed by atoms with Crippen molar-refractivity contribution in [3.05, 3.63) is 53.8 Å². The minimum atomic E-state index is -0.353. The monoisotopic (exact) mass is 416 g/mol. The topological polar surface area (TPSA) is 69.9 Å². The molecule has 2 aromatic heterocycles. The number of carbonyl (C=O) groups is 1. The molecule has 0 bridgehead atoms. The Bertz CT molecular complexity index is 933. The van der Waals surface area contributed by atoms with E-state index in [1.54, 1.807) is 19.3 Å². The van der Waals surface area contributed by atoms with Gasteiger partial charge in [0.1, 0.15) is 5.25 Å². The van der Waals surface area contributed by atoms with Crippen molar-refractivity contribution in [1.82, 2.24) is 19.7 Å². The molecule has 146 valence electrons.